The summed E-state index contributed by atoms with van der Waals surface area (Å²) in [6.45, 7) is 0.202. The number of nitrogens with one attached hydrogen (secondary N) is 1. The third-order valence-electron chi connectivity index (χ3n) is 3.49. The Morgan fingerprint density at radius 2 is 1.95 bits per heavy atom. The number of likely N-dealkylation sites (tertiary alicyclic amines) is 1. The number of rotatable bonds is 4. The molecule has 21 heavy (non-hydrogen) atoms. The summed E-state index contributed by atoms with van der Waals surface area (Å²) < 4.78 is 0. The predicted octanol–water partition coefficient (Wildman–Crippen LogP) is -0.223. The maximum absolute atomic E-state index is 12.4. The summed E-state index contributed by atoms with van der Waals surface area (Å²) in [6, 6.07) is 8.01. The first-order chi connectivity index (χ1) is 9.99. The summed E-state index contributed by atoms with van der Waals surface area (Å²) in [4.78, 5) is 24.3. The van der Waals surface area contributed by atoms with Crippen LogP contribution in [0.15, 0.2) is 30.3 Å². The zero-order chi connectivity index (χ0) is 15.4. The van der Waals surface area contributed by atoms with Crippen LogP contribution in [0.25, 0.3) is 0 Å². The van der Waals surface area contributed by atoms with Crippen LogP contribution in [-0.2, 0) is 11.2 Å². The van der Waals surface area contributed by atoms with Crippen molar-refractivity contribution in [3.63, 3.8) is 0 Å². The largest absolute Gasteiger partial charge is 0.465 e. The third kappa shape index (κ3) is 3.71. The Labute approximate surface area is 121 Å². The van der Waals surface area contributed by atoms with Gasteiger partial charge in [0.25, 0.3) is 0 Å². The van der Waals surface area contributed by atoms with Crippen molar-refractivity contribution in [1.82, 2.24) is 10.2 Å². The van der Waals surface area contributed by atoms with Gasteiger partial charge >= 0.3 is 6.09 Å². The molecule has 4 N–H and O–H groups in total. The average molecular weight is 294 g/mol. The van der Waals surface area contributed by atoms with E-state index in [1.165, 1.54) is 0 Å². The number of carbonyl (C=O) groups is 2. The highest BCUT2D eigenvalue weighted by Gasteiger charge is 2.37. The number of hydrogen-bond acceptors (Lipinski definition) is 4. The summed E-state index contributed by atoms with van der Waals surface area (Å²) in [6.07, 6.45) is -3.12. The highest BCUT2D eigenvalue weighted by Crippen LogP contribution is 2.18. The summed E-state index contributed by atoms with van der Waals surface area (Å²) in [5.41, 5.74) is 0.804. The minimum Gasteiger partial charge on any atom is -0.465 e. The van der Waals surface area contributed by atoms with Crippen molar-refractivity contribution >= 4 is 12.0 Å². The van der Waals surface area contributed by atoms with E-state index in [1.807, 2.05) is 6.07 Å². The summed E-state index contributed by atoms with van der Waals surface area (Å²) >= 11 is 0. The first kappa shape index (κ1) is 15.3. The monoisotopic (exact) mass is 294 g/mol. The Bertz CT molecular complexity index is 507. The fourth-order valence-corrected chi connectivity index (χ4v) is 2.40. The van der Waals surface area contributed by atoms with Crippen LogP contribution in [0.5, 0.6) is 0 Å². The lowest BCUT2D eigenvalue weighted by Crippen LogP contribution is -2.51. The molecular weight excluding hydrogens is 276 g/mol. The molecule has 3 atom stereocenters. The lowest BCUT2D eigenvalue weighted by Gasteiger charge is -2.26. The van der Waals surface area contributed by atoms with Crippen LogP contribution in [-0.4, -0.2) is 57.1 Å². The number of carboxylic acid groups (broad SMARTS) is 1. The number of aliphatic hydroxyl groups excluding tert-OH is 2. The lowest BCUT2D eigenvalue weighted by molar-refractivity contribution is -0.143. The fraction of sp³-hybridized carbons (Fsp3) is 0.429. The molecule has 114 valence electrons. The van der Waals surface area contributed by atoms with E-state index in [9.17, 15) is 19.8 Å². The second-order valence-corrected chi connectivity index (χ2v) is 4.99. The van der Waals surface area contributed by atoms with Gasteiger partial charge in [0.15, 0.2) is 6.23 Å². The van der Waals surface area contributed by atoms with Crippen LogP contribution in [0.1, 0.15) is 12.0 Å². The van der Waals surface area contributed by atoms with Crippen LogP contribution in [0.2, 0.25) is 0 Å². The second-order valence-electron chi connectivity index (χ2n) is 4.99. The summed E-state index contributed by atoms with van der Waals surface area (Å²) in [5.74, 6) is -0.537. The topological polar surface area (TPSA) is 110 Å². The summed E-state index contributed by atoms with van der Waals surface area (Å²) in [5, 5.41) is 30.3. The number of benzene rings is 1. The van der Waals surface area contributed by atoms with Crippen molar-refractivity contribution in [3.05, 3.63) is 35.9 Å². The third-order valence-corrected chi connectivity index (χ3v) is 3.49. The summed E-state index contributed by atoms with van der Waals surface area (Å²) in [7, 11) is 0. The molecule has 0 bridgehead atoms. The van der Waals surface area contributed by atoms with Gasteiger partial charge in [0.05, 0.1) is 0 Å². The van der Waals surface area contributed by atoms with Crippen molar-refractivity contribution in [2.24, 2.45) is 0 Å². The van der Waals surface area contributed by atoms with E-state index >= 15 is 0 Å². The molecule has 7 heteroatoms. The van der Waals surface area contributed by atoms with Crippen LogP contribution < -0.4 is 5.32 Å². The van der Waals surface area contributed by atoms with Gasteiger partial charge in [0, 0.05) is 13.0 Å². The van der Waals surface area contributed by atoms with E-state index in [0.717, 1.165) is 10.5 Å². The van der Waals surface area contributed by atoms with E-state index in [0.29, 0.717) is 0 Å². The molecule has 1 aliphatic rings. The van der Waals surface area contributed by atoms with Crippen LogP contribution in [0, 0.1) is 0 Å². The van der Waals surface area contributed by atoms with Crippen molar-refractivity contribution in [2.45, 2.75) is 31.2 Å². The van der Waals surface area contributed by atoms with Gasteiger partial charge in [-0.1, -0.05) is 30.3 Å². The van der Waals surface area contributed by atoms with Gasteiger partial charge in [0.1, 0.15) is 12.1 Å². The smallest absolute Gasteiger partial charge is 0.405 e. The molecule has 1 aliphatic heterocycles. The number of carbonyl (C=O) groups excluding carboxylic acids is 1. The van der Waals surface area contributed by atoms with Crippen molar-refractivity contribution in [2.75, 3.05) is 6.54 Å². The van der Waals surface area contributed by atoms with Gasteiger partial charge in [-0.05, 0) is 12.0 Å². The van der Waals surface area contributed by atoms with Gasteiger partial charge in [-0.25, -0.2) is 4.79 Å². The molecule has 0 spiro atoms. The molecular formula is C14H18N2O5. The van der Waals surface area contributed by atoms with Crippen LogP contribution >= 0.6 is 0 Å². The maximum Gasteiger partial charge on any atom is 0.405 e. The minimum absolute atomic E-state index is 0.186. The fourth-order valence-electron chi connectivity index (χ4n) is 2.40. The van der Waals surface area contributed by atoms with Gasteiger partial charge < -0.3 is 25.5 Å². The predicted molar refractivity (Wildman–Crippen MR) is 73.4 cm³/mol. The molecule has 7 nitrogen and oxygen atoms in total. The molecule has 0 saturated carbocycles. The van der Waals surface area contributed by atoms with Crippen molar-refractivity contribution in [1.29, 1.82) is 0 Å². The van der Waals surface area contributed by atoms with Crippen LogP contribution in [0.3, 0.4) is 0 Å². The Morgan fingerprint density at radius 1 is 1.29 bits per heavy atom. The molecule has 0 aliphatic carbocycles. The minimum atomic E-state index is -1.31. The molecule has 1 fully saturated rings. The van der Waals surface area contributed by atoms with Crippen molar-refractivity contribution in [3.8, 4) is 0 Å². The van der Waals surface area contributed by atoms with E-state index in [-0.39, 0.29) is 19.4 Å². The van der Waals surface area contributed by atoms with E-state index in [2.05, 4.69) is 5.32 Å². The Hall–Kier alpha value is -2.12. The maximum atomic E-state index is 12.4. The zero-order valence-corrected chi connectivity index (χ0v) is 11.3. The molecule has 1 heterocycles. The Balaban J connectivity index is 2.12. The SMILES string of the molecule is O=C(O)NC(Cc1ccccc1)C(=O)N1CCC(O)C1O. The molecule has 1 aromatic carbocycles. The van der Waals surface area contributed by atoms with Gasteiger partial charge in [0.2, 0.25) is 5.91 Å². The van der Waals surface area contributed by atoms with Gasteiger partial charge in [-0.2, -0.15) is 0 Å². The lowest BCUT2D eigenvalue weighted by atomic mass is 10.0. The molecule has 1 aromatic rings. The second kappa shape index (κ2) is 6.55. The van der Waals surface area contributed by atoms with Crippen LogP contribution in [0.4, 0.5) is 4.79 Å². The van der Waals surface area contributed by atoms with Crippen molar-refractivity contribution < 1.29 is 24.9 Å². The first-order valence-electron chi connectivity index (χ1n) is 6.69. The van der Waals surface area contributed by atoms with Gasteiger partial charge in [-0.3, -0.25) is 4.79 Å². The number of aliphatic hydroxyl groups is 2. The molecule has 2 rings (SSSR count). The van der Waals surface area contributed by atoms with E-state index in [4.69, 9.17) is 5.11 Å². The molecule has 0 aromatic heterocycles. The zero-order valence-electron chi connectivity index (χ0n) is 11.3. The Kier molecular flexibility index (Phi) is 4.77. The number of nitrogens with zero attached hydrogens (tertiary/aromatic N) is 1. The average Bonchev–Trinajstić information content (AvgIpc) is 2.78. The molecule has 2 amide bonds. The molecule has 0 radical (unpaired) electrons. The molecule has 1 saturated heterocycles. The normalized spacial score (nSPS) is 22.9. The highest BCUT2D eigenvalue weighted by atomic mass is 16.4. The van der Waals surface area contributed by atoms with Gasteiger partial charge in [-0.15, -0.1) is 0 Å². The molecule has 3 unspecified atom stereocenters. The van der Waals surface area contributed by atoms with E-state index in [1.54, 1.807) is 24.3 Å². The Morgan fingerprint density at radius 3 is 2.48 bits per heavy atom. The first-order valence-corrected chi connectivity index (χ1v) is 6.69. The quantitative estimate of drug-likeness (QED) is 0.613. The number of amides is 2. The number of hydrogen-bond donors (Lipinski definition) is 4. The van der Waals surface area contributed by atoms with E-state index < -0.39 is 30.4 Å². The standard InChI is InChI=1S/C14H18N2O5/c17-11-6-7-16(13(11)19)12(18)10(15-14(20)21)8-9-4-2-1-3-5-9/h1-5,10-11,13,15,17,19H,6-8H2,(H,20,21). The highest BCUT2D eigenvalue weighted by molar-refractivity contribution is 5.86.